The number of piperidine rings is 1. The van der Waals surface area contributed by atoms with Gasteiger partial charge in [0, 0.05) is 23.4 Å². The molecule has 4 rings (SSSR count). The first-order valence-electron chi connectivity index (χ1n) is 8.24. The van der Waals surface area contributed by atoms with Crippen LogP contribution in [0.3, 0.4) is 0 Å². The fourth-order valence-corrected chi connectivity index (χ4v) is 4.38. The van der Waals surface area contributed by atoms with E-state index in [9.17, 15) is 4.79 Å². The average Bonchev–Trinajstić information content (AvgIpc) is 2.95. The third-order valence-electron chi connectivity index (χ3n) is 4.73. The molecule has 3 heterocycles. The largest absolute Gasteiger partial charge is 0.335 e. The van der Waals surface area contributed by atoms with Crippen LogP contribution in [0.4, 0.5) is 0 Å². The van der Waals surface area contributed by atoms with Crippen molar-refractivity contribution in [1.82, 2.24) is 9.88 Å². The van der Waals surface area contributed by atoms with Crippen molar-refractivity contribution in [2.45, 2.75) is 39.2 Å². The second-order valence-corrected chi connectivity index (χ2v) is 7.56. The number of hydrogen-bond donors (Lipinski definition) is 0. The second-order valence-electron chi connectivity index (χ2n) is 6.53. The summed E-state index contributed by atoms with van der Waals surface area (Å²) in [7, 11) is 0. The molecule has 1 amide bonds. The zero-order valence-electron chi connectivity index (χ0n) is 13.5. The van der Waals surface area contributed by atoms with Crippen LogP contribution in [0.15, 0.2) is 30.3 Å². The van der Waals surface area contributed by atoms with Crippen molar-refractivity contribution in [3.63, 3.8) is 0 Å². The monoisotopic (exact) mass is 324 g/mol. The van der Waals surface area contributed by atoms with E-state index in [1.54, 1.807) is 0 Å². The van der Waals surface area contributed by atoms with E-state index in [1.165, 1.54) is 23.3 Å². The van der Waals surface area contributed by atoms with E-state index in [4.69, 9.17) is 4.98 Å². The molecule has 2 aromatic heterocycles. The minimum absolute atomic E-state index is 0.167. The number of carbonyl (C=O) groups excluding carboxylic acids is 1. The molecule has 1 atom stereocenters. The Labute approximate surface area is 139 Å². The maximum Gasteiger partial charge on any atom is 0.264 e. The van der Waals surface area contributed by atoms with Crippen LogP contribution in [0.5, 0.6) is 0 Å². The summed E-state index contributed by atoms with van der Waals surface area (Å²) in [5, 5.41) is 2.21. The molecule has 1 aromatic carbocycles. The molecular formula is C19H20N2OS. The van der Waals surface area contributed by atoms with Crippen LogP contribution in [0.2, 0.25) is 0 Å². The first kappa shape index (κ1) is 14.6. The summed E-state index contributed by atoms with van der Waals surface area (Å²) < 4.78 is 0. The average molecular weight is 324 g/mol. The Morgan fingerprint density at radius 3 is 2.91 bits per heavy atom. The molecule has 0 N–H and O–H groups in total. The van der Waals surface area contributed by atoms with E-state index >= 15 is 0 Å². The van der Waals surface area contributed by atoms with Gasteiger partial charge in [-0.1, -0.05) is 11.6 Å². The number of aryl methyl sites for hydroxylation is 1. The number of amides is 1. The number of benzene rings is 1. The van der Waals surface area contributed by atoms with Gasteiger partial charge in [0.15, 0.2) is 0 Å². The maximum absolute atomic E-state index is 12.8. The van der Waals surface area contributed by atoms with E-state index in [1.807, 2.05) is 11.0 Å². The lowest BCUT2D eigenvalue weighted by atomic mass is 10.0. The van der Waals surface area contributed by atoms with Gasteiger partial charge in [0.2, 0.25) is 0 Å². The summed E-state index contributed by atoms with van der Waals surface area (Å²) in [6.45, 7) is 5.12. The standard InChI is InChI=1S/C19H20N2OS/c1-12-6-7-16-14(9-12)10-15-11-17(23-18(15)20-16)19(22)21-8-4-3-5-13(21)2/h6-7,9-11,13H,3-5,8H2,1-2H3/t13-/m1/s1. The minimum atomic E-state index is 0.167. The highest BCUT2D eigenvalue weighted by Gasteiger charge is 2.25. The van der Waals surface area contributed by atoms with Gasteiger partial charge in [-0.05, 0) is 57.4 Å². The molecule has 23 heavy (non-hydrogen) atoms. The van der Waals surface area contributed by atoms with Crippen LogP contribution in [-0.2, 0) is 0 Å². The molecule has 0 saturated carbocycles. The van der Waals surface area contributed by atoms with Gasteiger partial charge in [-0.3, -0.25) is 4.79 Å². The van der Waals surface area contributed by atoms with Gasteiger partial charge in [-0.25, -0.2) is 4.98 Å². The van der Waals surface area contributed by atoms with Crippen LogP contribution in [-0.4, -0.2) is 28.4 Å². The van der Waals surface area contributed by atoms with E-state index in [-0.39, 0.29) is 5.91 Å². The molecule has 1 saturated heterocycles. The van der Waals surface area contributed by atoms with Crippen molar-refractivity contribution in [2.75, 3.05) is 6.54 Å². The number of hydrogen-bond acceptors (Lipinski definition) is 3. The predicted octanol–water partition coefficient (Wildman–Crippen LogP) is 4.77. The smallest absolute Gasteiger partial charge is 0.264 e. The molecule has 0 aliphatic carbocycles. The molecule has 1 fully saturated rings. The number of pyridine rings is 1. The molecule has 0 unspecified atom stereocenters. The van der Waals surface area contributed by atoms with Crippen LogP contribution in [0.1, 0.15) is 41.4 Å². The van der Waals surface area contributed by atoms with Crippen LogP contribution >= 0.6 is 11.3 Å². The second kappa shape index (κ2) is 5.60. The van der Waals surface area contributed by atoms with Gasteiger partial charge in [0.25, 0.3) is 5.91 Å². The lowest BCUT2D eigenvalue weighted by Gasteiger charge is -2.33. The van der Waals surface area contributed by atoms with Crippen LogP contribution in [0.25, 0.3) is 21.1 Å². The number of nitrogens with zero attached hydrogens (tertiary/aromatic N) is 2. The van der Waals surface area contributed by atoms with Crippen LogP contribution in [0, 0.1) is 6.92 Å². The quantitative estimate of drug-likeness (QED) is 0.646. The highest BCUT2D eigenvalue weighted by Crippen LogP contribution is 2.30. The zero-order valence-corrected chi connectivity index (χ0v) is 14.3. The third-order valence-corrected chi connectivity index (χ3v) is 5.76. The molecule has 4 heteroatoms. The van der Waals surface area contributed by atoms with Gasteiger partial charge >= 0.3 is 0 Å². The third kappa shape index (κ3) is 2.61. The molecule has 1 aliphatic rings. The van der Waals surface area contributed by atoms with E-state index in [0.29, 0.717) is 6.04 Å². The Balaban J connectivity index is 1.76. The Morgan fingerprint density at radius 2 is 2.09 bits per heavy atom. The zero-order chi connectivity index (χ0) is 16.0. The number of carbonyl (C=O) groups is 1. The summed E-state index contributed by atoms with van der Waals surface area (Å²) in [5.41, 5.74) is 2.22. The Hall–Kier alpha value is -1.94. The van der Waals surface area contributed by atoms with Crippen molar-refractivity contribution in [1.29, 1.82) is 0 Å². The molecule has 1 aliphatic heterocycles. The normalized spacial score (nSPS) is 18.7. The maximum atomic E-state index is 12.8. The van der Waals surface area contributed by atoms with Crippen molar-refractivity contribution >= 4 is 38.4 Å². The van der Waals surface area contributed by atoms with Gasteiger partial charge < -0.3 is 4.90 Å². The number of rotatable bonds is 1. The SMILES string of the molecule is Cc1ccc2nc3sc(C(=O)N4CCCC[C@H]4C)cc3cc2c1. The molecule has 3 nitrogen and oxygen atoms in total. The van der Waals surface area contributed by atoms with Gasteiger partial charge in [-0.15, -0.1) is 11.3 Å². The topological polar surface area (TPSA) is 33.2 Å². The number of likely N-dealkylation sites (tertiary alicyclic amines) is 1. The van der Waals surface area contributed by atoms with Gasteiger partial charge in [0.05, 0.1) is 10.4 Å². The fourth-order valence-electron chi connectivity index (χ4n) is 3.40. The van der Waals surface area contributed by atoms with E-state index in [0.717, 1.165) is 45.4 Å². The summed E-state index contributed by atoms with van der Waals surface area (Å²) in [5.74, 6) is 0.167. The van der Waals surface area contributed by atoms with Crippen molar-refractivity contribution in [2.24, 2.45) is 0 Å². The first-order chi connectivity index (χ1) is 11.1. The summed E-state index contributed by atoms with van der Waals surface area (Å²) in [6.07, 6.45) is 3.45. The summed E-state index contributed by atoms with van der Waals surface area (Å²) in [6, 6.07) is 10.8. The highest BCUT2D eigenvalue weighted by molar-refractivity contribution is 7.20. The van der Waals surface area contributed by atoms with Crippen molar-refractivity contribution in [3.05, 3.63) is 40.8 Å². The van der Waals surface area contributed by atoms with Crippen LogP contribution < -0.4 is 0 Å². The molecule has 118 valence electrons. The molecule has 3 aromatic rings. The number of thiophene rings is 1. The Morgan fingerprint density at radius 1 is 1.22 bits per heavy atom. The summed E-state index contributed by atoms with van der Waals surface area (Å²) in [4.78, 5) is 21.4. The fraction of sp³-hybridized carbons (Fsp3) is 0.368. The molecule has 0 bridgehead atoms. The van der Waals surface area contributed by atoms with Gasteiger partial charge in [0.1, 0.15) is 4.83 Å². The highest BCUT2D eigenvalue weighted by atomic mass is 32.1. The number of fused-ring (bicyclic) bond motifs is 2. The Kier molecular flexibility index (Phi) is 3.57. The molecular weight excluding hydrogens is 304 g/mol. The lowest BCUT2D eigenvalue weighted by Crippen LogP contribution is -2.41. The molecule has 0 spiro atoms. The first-order valence-corrected chi connectivity index (χ1v) is 9.05. The summed E-state index contributed by atoms with van der Waals surface area (Å²) >= 11 is 1.52. The van der Waals surface area contributed by atoms with E-state index < -0.39 is 0 Å². The van der Waals surface area contributed by atoms with E-state index in [2.05, 4.69) is 38.1 Å². The number of aromatic nitrogens is 1. The van der Waals surface area contributed by atoms with Crippen molar-refractivity contribution in [3.8, 4) is 0 Å². The minimum Gasteiger partial charge on any atom is -0.335 e. The lowest BCUT2D eigenvalue weighted by molar-refractivity contribution is 0.0641. The predicted molar refractivity (Wildman–Crippen MR) is 96.2 cm³/mol. The van der Waals surface area contributed by atoms with Crippen molar-refractivity contribution < 1.29 is 4.79 Å². The van der Waals surface area contributed by atoms with Gasteiger partial charge in [-0.2, -0.15) is 0 Å². The molecule has 0 radical (unpaired) electrons. The Bertz CT molecular complexity index is 899.